The minimum atomic E-state index is -4.24. The number of hydrogen-bond donors (Lipinski definition) is 1. The Labute approximate surface area is 208 Å². The van der Waals surface area contributed by atoms with Gasteiger partial charge in [-0.1, -0.05) is 11.6 Å². The molecule has 6 rings (SSSR count). The molecule has 1 aliphatic heterocycles. The summed E-state index contributed by atoms with van der Waals surface area (Å²) in [6.07, 6.45) is 4.64. The smallest absolute Gasteiger partial charge is 0.309 e. The first kappa shape index (κ1) is 22.8. The van der Waals surface area contributed by atoms with E-state index in [0.29, 0.717) is 39.1 Å². The normalized spacial score (nSPS) is 19.5. The van der Waals surface area contributed by atoms with E-state index >= 15 is 0 Å². The summed E-state index contributed by atoms with van der Waals surface area (Å²) in [7, 11) is 0. The number of carbonyl (C=O) groups excluding carboxylic acids is 1. The van der Waals surface area contributed by atoms with E-state index in [4.69, 9.17) is 11.6 Å². The van der Waals surface area contributed by atoms with Crippen LogP contribution < -0.4 is 5.32 Å². The summed E-state index contributed by atoms with van der Waals surface area (Å²) in [5.41, 5.74) is 1.51. The number of nitrogens with zero attached hydrogens (tertiary/aromatic N) is 6. The highest BCUT2D eigenvalue weighted by Crippen LogP contribution is 2.55. The Bertz CT molecular complexity index is 1480. The maximum absolute atomic E-state index is 13.4. The van der Waals surface area contributed by atoms with Crippen molar-refractivity contribution in [3.05, 3.63) is 65.1 Å². The summed E-state index contributed by atoms with van der Waals surface area (Å²) >= 11 is 6.03. The Morgan fingerprint density at radius 1 is 1.14 bits per heavy atom. The van der Waals surface area contributed by atoms with Gasteiger partial charge in [-0.25, -0.2) is 19.9 Å². The Morgan fingerprint density at radius 2 is 1.97 bits per heavy atom. The average molecular weight is 514 g/mol. The lowest BCUT2D eigenvalue weighted by Gasteiger charge is -2.26. The van der Waals surface area contributed by atoms with Crippen molar-refractivity contribution in [3.8, 4) is 11.5 Å². The zero-order valence-electron chi connectivity index (χ0n) is 18.8. The van der Waals surface area contributed by atoms with E-state index in [1.165, 1.54) is 6.20 Å². The first-order valence-corrected chi connectivity index (χ1v) is 11.8. The van der Waals surface area contributed by atoms with Gasteiger partial charge < -0.3 is 9.72 Å². The van der Waals surface area contributed by atoms with E-state index in [9.17, 15) is 18.0 Å². The lowest BCUT2D eigenvalue weighted by molar-refractivity contribution is -0.135. The molecule has 4 aromatic rings. The van der Waals surface area contributed by atoms with Crippen LogP contribution in [0.2, 0.25) is 5.02 Å². The molecule has 0 aromatic carbocycles. The van der Waals surface area contributed by atoms with Gasteiger partial charge >= 0.3 is 6.18 Å². The van der Waals surface area contributed by atoms with Gasteiger partial charge in [-0.05, 0) is 43.7 Å². The summed E-state index contributed by atoms with van der Waals surface area (Å²) in [4.78, 5) is 35.7. The zero-order valence-corrected chi connectivity index (χ0v) is 19.5. The van der Waals surface area contributed by atoms with Crippen LogP contribution in [0.3, 0.4) is 0 Å². The number of imidazole rings is 1. The molecule has 0 bridgehead atoms. The van der Waals surface area contributed by atoms with Crippen molar-refractivity contribution in [1.82, 2.24) is 29.3 Å². The molecule has 0 radical (unpaired) electrons. The van der Waals surface area contributed by atoms with Crippen molar-refractivity contribution < 1.29 is 18.0 Å². The largest absolute Gasteiger partial charge is 0.389 e. The average Bonchev–Trinajstić information content (AvgIpc) is 3.48. The van der Waals surface area contributed by atoms with Crippen LogP contribution in [0.1, 0.15) is 42.6 Å². The predicted octanol–water partition coefficient (Wildman–Crippen LogP) is 4.77. The van der Waals surface area contributed by atoms with E-state index in [-0.39, 0.29) is 30.5 Å². The highest BCUT2D eigenvalue weighted by Gasteiger charge is 2.59. The molecule has 1 fully saturated rings. The fourth-order valence-electron chi connectivity index (χ4n) is 4.94. The number of anilines is 1. The Hall–Kier alpha value is -3.60. The van der Waals surface area contributed by atoms with Crippen LogP contribution in [0.25, 0.3) is 17.2 Å². The van der Waals surface area contributed by atoms with E-state index < -0.39 is 18.0 Å². The van der Waals surface area contributed by atoms with Crippen molar-refractivity contribution >= 4 is 29.0 Å². The van der Waals surface area contributed by atoms with Gasteiger partial charge in [0.2, 0.25) is 5.91 Å². The van der Waals surface area contributed by atoms with Crippen molar-refractivity contribution in [2.75, 3.05) is 5.32 Å². The predicted molar refractivity (Wildman–Crippen MR) is 124 cm³/mol. The molecule has 184 valence electrons. The first-order chi connectivity index (χ1) is 17.3. The molecular formula is C24H19ClF3N7O. The fraction of sp³-hybridized carbons (Fsp3) is 0.333. The van der Waals surface area contributed by atoms with Gasteiger partial charge in [0.25, 0.3) is 0 Å². The second kappa shape index (κ2) is 8.22. The molecule has 1 aliphatic carbocycles. The molecule has 1 atom stereocenters. The molecule has 8 nitrogen and oxygen atoms in total. The number of carbonyl (C=O) groups is 1. The molecule has 4 aromatic heterocycles. The number of rotatable bonds is 6. The molecule has 0 saturated heterocycles. The van der Waals surface area contributed by atoms with Crippen LogP contribution in [-0.4, -0.2) is 41.4 Å². The van der Waals surface area contributed by atoms with Crippen molar-refractivity contribution in [2.45, 2.75) is 43.7 Å². The summed E-state index contributed by atoms with van der Waals surface area (Å²) in [6, 6.07) is 3.46. The van der Waals surface area contributed by atoms with Crippen molar-refractivity contribution in [1.29, 1.82) is 0 Å². The molecule has 36 heavy (non-hydrogen) atoms. The topological polar surface area (TPSA) is 98.0 Å². The molecule has 0 spiro atoms. The molecule has 2 aliphatic rings. The van der Waals surface area contributed by atoms with Crippen LogP contribution in [0.5, 0.6) is 0 Å². The minimum absolute atomic E-state index is 0.0718. The van der Waals surface area contributed by atoms with Gasteiger partial charge in [0.05, 0.1) is 16.4 Å². The standard InChI is InChI=1S/C24H19ClF3N7O/c25-14-5-6-18(30-10-14)24(13-3-4-13)15-11-31-20(33-19(15)34-22(24)36)17-12-35-9-8-29-21(35)16(32-17)2-1-7-23(26,27)28/h5-6,8-13H,1-4,7H2,(H,31,33,34,36). The number of alkyl halides is 3. The van der Waals surface area contributed by atoms with Crippen LogP contribution in [0, 0.1) is 5.92 Å². The van der Waals surface area contributed by atoms with Crippen LogP contribution in [0.4, 0.5) is 19.0 Å². The van der Waals surface area contributed by atoms with E-state index in [2.05, 4.69) is 30.2 Å². The molecule has 1 saturated carbocycles. The number of nitrogens with one attached hydrogen (secondary N) is 1. The summed E-state index contributed by atoms with van der Waals surface area (Å²) in [5.74, 6) is 0.479. The van der Waals surface area contributed by atoms with E-state index in [1.54, 1.807) is 41.3 Å². The van der Waals surface area contributed by atoms with Gasteiger partial charge in [0.1, 0.15) is 16.9 Å². The number of hydrogen-bond acceptors (Lipinski definition) is 6. The Kier molecular flexibility index (Phi) is 5.22. The molecular weight excluding hydrogens is 495 g/mol. The lowest BCUT2D eigenvalue weighted by atomic mass is 9.75. The summed E-state index contributed by atoms with van der Waals surface area (Å²) < 4.78 is 39.7. The molecule has 5 heterocycles. The Balaban J connectivity index is 1.39. The molecule has 1 unspecified atom stereocenters. The third kappa shape index (κ3) is 3.78. The van der Waals surface area contributed by atoms with Gasteiger partial charge in [-0.3, -0.25) is 9.78 Å². The van der Waals surface area contributed by atoms with Gasteiger partial charge in [-0.2, -0.15) is 13.2 Å². The second-order valence-corrected chi connectivity index (χ2v) is 9.49. The monoisotopic (exact) mass is 513 g/mol. The molecule has 1 amide bonds. The fourth-order valence-corrected chi connectivity index (χ4v) is 5.05. The van der Waals surface area contributed by atoms with Gasteiger partial charge in [0, 0.05) is 43.0 Å². The van der Waals surface area contributed by atoms with E-state index in [0.717, 1.165) is 12.8 Å². The third-order valence-electron chi connectivity index (χ3n) is 6.67. The van der Waals surface area contributed by atoms with Gasteiger partial charge in [-0.15, -0.1) is 0 Å². The molecule has 1 N–H and O–H groups in total. The van der Waals surface area contributed by atoms with E-state index in [1.807, 2.05) is 0 Å². The molecule has 12 heteroatoms. The quantitative estimate of drug-likeness (QED) is 0.399. The first-order valence-electron chi connectivity index (χ1n) is 11.5. The lowest BCUT2D eigenvalue weighted by Crippen LogP contribution is -2.38. The highest BCUT2D eigenvalue weighted by molar-refractivity contribution is 6.30. The number of pyridine rings is 1. The van der Waals surface area contributed by atoms with Gasteiger partial charge in [0.15, 0.2) is 11.5 Å². The Morgan fingerprint density at radius 3 is 2.69 bits per heavy atom. The van der Waals surface area contributed by atoms with Crippen molar-refractivity contribution in [2.24, 2.45) is 5.92 Å². The minimum Gasteiger partial charge on any atom is -0.309 e. The number of amides is 1. The summed E-state index contributed by atoms with van der Waals surface area (Å²) in [6.45, 7) is 0. The van der Waals surface area contributed by atoms with Crippen LogP contribution in [0.15, 0.2) is 43.1 Å². The second-order valence-electron chi connectivity index (χ2n) is 9.05. The zero-order chi connectivity index (χ0) is 25.1. The SMILES string of the molecule is O=C1Nc2nc(-c3cn4ccnc4c(CCCC(F)(F)F)n3)ncc2C1(c1ccc(Cl)cn1)C1CC1. The van der Waals surface area contributed by atoms with Crippen molar-refractivity contribution in [3.63, 3.8) is 0 Å². The number of aryl methyl sites for hydroxylation is 1. The maximum atomic E-state index is 13.4. The number of aromatic nitrogens is 6. The highest BCUT2D eigenvalue weighted by atomic mass is 35.5. The maximum Gasteiger partial charge on any atom is 0.389 e. The van der Waals surface area contributed by atoms with Crippen LogP contribution in [-0.2, 0) is 16.6 Å². The number of halogens is 4. The van der Waals surface area contributed by atoms with Crippen LogP contribution >= 0.6 is 11.6 Å². The number of fused-ring (bicyclic) bond motifs is 2. The summed E-state index contributed by atoms with van der Waals surface area (Å²) in [5, 5.41) is 3.37. The third-order valence-corrected chi connectivity index (χ3v) is 6.89.